The van der Waals surface area contributed by atoms with Gasteiger partial charge >= 0.3 is 6.18 Å². The lowest BCUT2D eigenvalue weighted by atomic mass is 10.2. The summed E-state index contributed by atoms with van der Waals surface area (Å²) in [6, 6.07) is 8.83. The van der Waals surface area contributed by atoms with E-state index in [1.165, 1.54) is 4.57 Å². The Labute approximate surface area is 129 Å². The van der Waals surface area contributed by atoms with Crippen molar-refractivity contribution in [3.8, 4) is 5.69 Å². The number of halogens is 3. The number of nitrogens with two attached hydrogens (primary N) is 1. The van der Waals surface area contributed by atoms with Crippen molar-refractivity contribution in [2.45, 2.75) is 24.9 Å². The Morgan fingerprint density at radius 3 is 2.35 bits per heavy atom. The molecule has 1 aromatic carbocycles. The molecule has 2 N–H and O–H groups in total. The number of fused-ring (bicyclic) bond motifs is 1. The van der Waals surface area contributed by atoms with Gasteiger partial charge in [-0.05, 0) is 25.0 Å². The van der Waals surface area contributed by atoms with Gasteiger partial charge < -0.3 is 5.73 Å². The van der Waals surface area contributed by atoms with Crippen molar-refractivity contribution in [1.29, 1.82) is 0 Å². The van der Waals surface area contributed by atoms with Crippen LogP contribution in [0.15, 0.2) is 30.3 Å². The van der Waals surface area contributed by atoms with E-state index >= 15 is 0 Å². The molecule has 1 fully saturated rings. The summed E-state index contributed by atoms with van der Waals surface area (Å²) in [6.07, 6.45) is -3.00. The van der Waals surface area contributed by atoms with Gasteiger partial charge in [0.05, 0.1) is 11.4 Å². The molecule has 0 spiro atoms. The van der Waals surface area contributed by atoms with Crippen molar-refractivity contribution in [2.75, 3.05) is 5.73 Å². The van der Waals surface area contributed by atoms with E-state index in [4.69, 9.17) is 5.73 Å². The number of benzene rings is 1. The van der Waals surface area contributed by atoms with Crippen LogP contribution in [0, 0.1) is 0 Å². The number of imidazole rings is 1. The molecule has 1 aliphatic rings. The van der Waals surface area contributed by atoms with Gasteiger partial charge in [-0.25, -0.2) is 15.0 Å². The molecule has 0 radical (unpaired) electrons. The van der Waals surface area contributed by atoms with Crippen molar-refractivity contribution in [1.82, 2.24) is 19.5 Å². The number of hydrogen-bond donors (Lipinski definition) is 1. The quantitative estimate of drug-likeness (QED) is 0.787. The van der Waals surface area contributed by atoms with Crippen molar-refractivity contribution < 1.29 is 13.2 Å². The summed E-state index contributed by atoms with van der Waals surface area (Å²) < 4.78 is 40.8. The monoisotopic (exact) mass is 319 g/mol. The number of hydrogen-bond acceptors (Lipinski definition) is 4. The number of nitrogen functional groups attached to an aromatic ring is 1. The largest absolute Gasteiger partial charge is 0.451 e. The van der Waals surface area contributed by atoms with E-state index in [0.717, 1.165) is 12.8 Å². The Kier molecular flexibility index (Phi) is 2.84. The first-order valence-electron chi connectivity index (χ1n) is 7.13. The lowest BCUT2D eigenvalue weighted by Crippen LogP contribution is -2.13. The molecule has 2 heterocycles. The highest BCUT2D eigenvalue weighted by atomic mass is 19.4. The molecule has 5 nitrogen and oxygen atoms in total. The maximum absolute atomic E-state index is 13.1. The van der Waals surface area contributed by atoms with Gasteiger partial charge in [0.2, 0.25) is 11.8 Å². The van der Waals surface area contributed by atoms with Gasteiger partial charge in [-0.15, -0.1) is 0 Å². The molecule has 1 saturated carbocycles. The van der Waals surface area contributed by atoms with E-state index in [1.807, 2.05) is 6.07 Å². The fourth-order valence-electron chi connectivity index (χ4n) is 2.60. The summed E-state index contributed by atoms with van der Waals surface area (Å²) in [5.41, 5.74) is 7.33. The van der Waals surface area contributed by atoms with Crippen LogP contribution in [-0.4, -0.2) is 19.5 Å². The van der Waals surface area contributed by atoms with Gasteiger partial charge in [-0.1, -0.05) is 18.2 Å². The SMILES string of the molecule is Nc1nc2c(C3CC3)nc(C(F)(F)F)nc2n1-c1ccccc1. The lowest BCUT2D eigenvalue weighted by Gasteiger charge is -2.09. The van der Waals surface area contributed by atoms with Gasteiger partial charge in [-0.2, -0.15) is 13.2 Å². The van der Waals surface area contributed by atoms with E-state index < -0.39 is 12.0 Å². The van der Waals surface area contributed by atoms with Crippen LogP contribution in [0.3, 0.4) is 0 Å². The van der Waals surface area contributed by atoms with Crippen molar-refractivity contribution in [3.05, 3.63) is 41.9 Å². The Hall–Kier alpha value is -2.64. The van der Waals surface area contributed by atoms with Gasteiger partial charge in [0.25, 0.3) is 0 Å². The van der Waals surface area contributed by atoms with Crippen molar-refractivity contribution in [2.24, 2.45) is 0 Å². The van der Waals surface area contributed by atoms with E-state index in [1.54, 1.807) is 24.3 Å². The highest BCUT2D eigenvalue weighted by Crippen LogP contribution is 2.43. The summed E-state index contributed by atoms with van der Waals surface area (Å²) in [6.45, 7) is 0. The zero-order chi connectivity index (χ0) is 16.2. The second-order valence-corrected chi connectivity index (χ2v) is 5.52. The molecule has 118 valence electrons. The first-order valence-corrected chi connectivity index (χ1v) is 7.13. The molecule has 0 atom stereocenters. The fourth-order valence-corrected chi connectivity index (χ4v) is 2.60. The van der Waals surface area contributed by atoms with Crippen LogP contribution in [0.4, 0.5) is 19.1 Å². The standard InChI is InChI=1S/C15H12F3N5/c16-15(17,18)13-20-10(8-6-7-8)11-12(22-13)23(14(19)21-11)9-4-2-1-3-5-9/h1-5,8H,6-7H2,(H2,19,21). The third kappa shape index (κ3) is 2.30. The van der Waals surface area contributed by atoms with Gasteiger partial charge in [0.1, 0.15) is 5.52 Å². The smallest absolute Gasteiger partial charge is 0.369 e. The molecule has 8 heteroatoms. The summed E-state index contributed by atoms with van der Waals surface area (Å²) >= 11 is 0. The third-order valence-corrected chi connectivity index (χ3v) is 3.79. The Balaban J connectivity index is 2.04. The van der Waals surface area contributed by atoms with Crippen molar-refractivity contribution in [3.63, 3.8) is 0 Å². The highest BCUT2D eigenvalue weighted by Gasteiger charge is 2.39. The Morgan fingerprint density at radius 1 is 1.04 bits per heavy atom. The first-order chi connectivity index (χ1) is 10.9. The van der Waals surface area contributed by atoms with Crippen LogP contribution >= 0.6 is 0 Å². The Bertz CT molecular complexity index is 882. The summed E-state index contributed by atoms with van der Waals surface area (Å²) in [5.74, 6) is -1.05. The van der Waals surface area contributed by atoms with Crippen LogP contribution in [0.25, 0.3) is 16.9 Å². The fraction of sp³-hybridized carbons (Fsp3) is 0.267. The molecule has 0 amide bonds. The average Bonchev–Trinajstić information content (AvgIpc) is 3.28. The van der Waals surface area contributed by atoms with E-state index in [9.17, 15) is 13.2 Å². The second-order valence-electron chi connectivity index (χ2n) is 5.52. The highest BCUT2D eigenvalue weighted by molar-refractivity contribution is 5.80. The van der Waals surface area contributed by atoms with Gasteiger partial charge in [-0.3, -0.25) is 4.57 Å². The zero-order valence-corrected chi connectivity index (χ0v) is 11.9. The average molecular weight is 319 g/mol. The predicted molar refractivity (Wildman–Crippen MR) is 78.0 cm³/mol. The molecule has 2 aromatic heterocycles. The summed E-state index contributed by atoms with van der Waals surface area (Å²) in [7, 11) is 0. The number of anilines is 1. The first kappa shape index (κ1) is 14.0. The van der Waals surface area contributed by atoms with Crippen LogP contribution < -0.4 is 5.73 Å². The minimum absolute atomic E-state index is 0.000114. The minimum Gasteiger partial charge on any atom is -0.369 e. The van der Waals surface area contributed by atoms with Crippen molar-refractivity contribution >= 4 is 17.1 Å². The van der Waals surface area contributed by atoms with Crippen LogP contribution in [-0.2, 0) is 6.18 Å². The van der Waals surface area contributed by atoms with E-state index in [2.05, 4.69) is 15.0 Å². The molecule has 0 aliphatic heterocycles. The minimum atomic E-state index is -4.61. The molecule has 4 rings (SSSR count). The molecular formula is C15H12F3N5. The molecule has 0 saturated heterocycles. The molecular weight excluding hydrogens is 307 g/mol. The normalized spacial score (nSPS) is 15.3. The van der Waals surface area contributed by atoms with Gasteiger partial charge in [0.15, 0.2) is 5.65 Å². The molecule has 23 heavy (non-hydrogen) atoms. The number of para-hydroxylation sites is 1. The van der Waals surface area contributed by atoms with E-state index in [0.29, 0.717) is 16.9 Å². The summed E-state index contributed by atoms with van der Waals surface area (Å²) in [5, 5.41) is 0. The number of aromatic nitrogens is 4. The predicted octanol–water partition coefficient (Wildman–Crippen LogP) is 3.29. The topological polar surface area (TPSA) is 69.6 Å². The molecule has 0 bridgehead atoms. The number of nitrogens with zero attached hydrogens (tertiary/aromatic N) is 4. The van der Waals surface area contributed by atoms with Gasteiger partial charge in [0, 0.05) is 5.92 Å². The molecule has 3 aromatic rings. The maximum Gasteiger partial charge on any atom is 0.451 e. The summed E-state index contributed by atoms with van der Waals surface area (Å²) in [4.78, 5) is 11.6. The van der Waals surface area contributed by atoms with E-state index in [-0.39, 0.29) is 17.5 Å². The number of rotatable bonds is 2. The molecule has 0 unspecified atom stereocenters. The van der Waals surface area contributed by atoms with Crippen LogP contribution in [0.1, 0.15) is 30.3 Å². The maximum atomic E-state index is 13.1. The lowest BCUT2D eigenvalue weighted by molar-refractivity contribution is -0.144. The molecule has 1 aliphatic carbocycles. The van der Waals surface area contributed by atoms with Crippen LogP contribution in [0.2, 0.25) is 0 Å². The Morgan fingerprint density at radius 2 is 1.74 bits per heavy atom. The zero-order valence-electron chi connectivity index (χ0n) is 11.9. The van der Waals surface area contributed by atoms with Crippen LogP contribution in [0.5, 0.6) is 0 Å². The third-order valence-electron chi connectivity index (χ3n) is 3.79. The second kappa shape index (κ2) is 4.68. The number of alkyl halides is 3.